The van der Waals surface area contributed by atoms with Gasteiger partial charge in [0.2, 0.25) is 0 Å². The first-order valence-electron chi connectivity index (χ1n) is 8.93. The number of hydrogen-bond donors (Lipinski definition) is 2. The van der Waals surface area contributed by atoms with Crippen molar-refractivity contribution < 1.29 is 9.53 Å². The molecule has 3 atom stereocenters. The van der Waals surface area contributed by atoms with Gasteiger partial charge in [0.05, 0.1) is 11.8 Å². The molecule has 1 aromatic rings. The van der Waals surface area contributed by atoms with E-state index in [9.17, 15) is 4.79 Å². The minimum absolute atomic E-state index is 0.0478. The highest BCUT2D eigenvalue weighted by atomic mass is 16.5. The van der Waals surface area contributed by atoms with Crippen molar-refractivity contribution in [2.45, 2.75) is 64.0 Å². The molecule has 2 amide bonds. The molecule has 6 heteroatoms. The molecule has 2 N–H and O–H groups in total. The van der Waals surface area contributed by atoms with E-state index in [-0.39, 0.29) is 22.9 Å². The molecule has 6 nitrogen and oxygen atoms in total. The topological polar surface area (TPSA) is 76.1 Å². The van der Waals surface area contributed by atoms with Gasteiger partial charge in [-0.2, -0.15) is 5.10 Å². The van der Waals surface area contributed by atoms with E-state index in [0.29, 0.717) is 17.8 Å². The fraction of sp³-hybridized carbons (Fsp3) is 0.722. The monoisotopic (exact) mass is 330 g/mol. The van der Waals surface area contributed by atoms with Gasteiger partial charge in [0.1, 0.15) is 0 Å². The van der Waals surface area contributed by atoms with E-state index >= 15 is 0 Å². The fourth-order valence-corrected chi connectivity index (χ4v) is 4.55. The van der Waals surface area contributed by atoms with Crippen LogP contribution in [0.4, 0.5) is 10.6 Å². The third kappa shape index (κ3) is 2.39. The molecule has 130 valence electrons. The molecule has 1 aromatic heterocycles. The van der Waals surface area contributed by atoms with Crippen molar-refractivity contribution >= 4 is 11.8 Å². The van der Waals surface area contributed by atoms with Crippen LogP contribution in [0.2, 0.25) is 0 Å². The molecule has 0 radical (unpaired) electrons. The number of carbonyl (C=O) groups is 1. The van der Waals surface area contributed by atoms with E-state index in [2.05, 4.69) is 41.6 Å². The zero-order valence-electron chi connectivity index (χ0n) is 14.6. The van der Waals surface area contributed by atoms with Crippen LogP contribution >= 0.6 is 0 Å². The summed E-state index contributed by atoms with van der Waals surface area (Å²) in [6.07, 6.45) is 4.99. The molecule has 3 aliphatic rings. The van der Waals surface area contributed by atoms with Crippen LogP contribution in [0.5, 0.6) is 0 Å². The highest BCUT2D eigenvalue weighted by Gasteiger charge is 2.66. The molecule has 0 unspecified atom stereocenters. The summed E-state index contributed by atoms with van der Waals surface area (Å²) in [6, 6.07) is 3.78. The second-order valence-corrected chi connectivity index (χ2v) is 8.46. The summed E-state index contributed by atoms with van der Waals surface area (Å²) in [7, 11) is 0. The van der Waals surface area contributed by atoms with Crippen LogP contribution in [0.1, 0.15) is 52.1 Å². The summed E-state index contributed by atoms with van der Waals surface area (Å²) in [6.45, 7) is 7.10. The Hall–Kier alpha value is -1.69. The predicted molar refractivity (Wildman–Crippen MR) is 90.8 cm³/mol. The average molecular weight is 330 g/mol. The predicted octanol–water partition coefficient (Wildman–Crippen LogP) is 2.85. The van der Waals surface area contributed by atoms with Gasteiger partial charge in [-0.3, -0.25) is 5.32 Å². The summed E-state index contributed by atoms with van der Waals surface area (Å²) in [5.41, 5.74) is 1.06. The number of amides is 2. The first kappa shape index (κ1) is 15.8. The minimum Gasteiger partial charge on any atom is -0.377 e. The number of hydrogen-bond acceptors (Lipinski definition) is 4. The van der Waals surface area contributed by atoms with E-state index in [1.807, 2.05) is 12.1 Å². The second-order valence-electron chi connectivity index (χ2n) is 8.46. The third-order valence-electron chi connectivity index (χ3n) is 6.00. The first-order valence-corrected chi connectivity index (χ1v) is 8.93. The maximum absolute atomic E-state index is 12.4. The lowest BCUT2D eigenvalue weighted by Crippen LogP contribution is -2.72. The van der Waals surface area contributed by atoms with Gasteiger partial charge in [-0.25, -0.2) is 4.79 Å². The number of carbonyl (C=O) groups excluding carboxylic acids is 1. The standard InChI is InChI=1S/C18H26N4O2/c1-17(2,3)12-5-6-13(22-21-12)19-16(23)20-14-11-7-10-24-15(11)18(14)8-4-9-18/h5-6,11,14-15H,4,7-10H2,1-3H3,(H2,19,20,22,23)/t11-,14+,15+/m1/s1. The maximum atomic E-state index is 12.4. The van der Waals surface area contributed by atoms with Crippen molar-refractivity contribution in [2.75, 3.05) is 11.9 Å². The summed E-state index contributed by atoms with van der Waals surface area (Å²) < 4.78 is 5.89. The third-order valence-corrected chi connectivity index (χ3v) is 6.00. The zero-order valence-corrected chi connectivity index (χ0v) is 14.6. The van der Waals surface area contributed by atoms with Gasteiger partial charge in [-0.15, -0.1) is 5.10 Å². The van der Waals surface area contributed by atoms with Crippen LogP contribution in [0.15, 0.2) is 12.1 Å². The second kappa shape index (κ2) is 5.41. The molecule has 0 aromatic carbocycles. The molecule has 2 aliphatic carbocycles. The van der Waals surface area contributed by atoms with E-state index in [1.54, 1.807) is 0 Å². The van der Waals surface area contributed by atoms with Crippen LogP contribution in [-0.2, 0) is 10.2 Å². The van der Waals surface area contributed by atoms with E-state index in [0.717, 1.165) is 18.7 Å². The highest BCUT2D eigenvalue weighted by molar-refractivity contribution is 5.88. The Bertz CT molecular complexity index is 633. The maximum Gasteiger partial charge on any atom is 0.320 e. The van der Waals surface area contributed by atoms with E-state index in [4.69, 9.17) is 4.74 Å². The molecular weight excluding hydrogens is 304 g/mol. The fourth-order valence-electron chi connectivity index (χ4n) is 4.55. The number of urea groups is 1. The Labute approximate surface area is 142 Å². The van der Waals surface area contributed by atoms with Crippen molar-refractivity contribution in [3.05, 3.63) is 17.8 Å². The molecule has 2 saturated carbocycles. The largest absolute Gasteiger partial charge is 0.377 e. The molecule has 1 aliphatic heterocycles. The molecule has 2 heterocycles. The Morgan fingerprint density at radius 2 is 2.08 bits per heavy atom. The van der Waals surface area contributed by atoms with Crippen LogP contribution in [0.25, 0.3) is 0 Å². The molecule has 1 saturated heterocycles. The lowest BCUT2D eigenvalue weighted by molar-refractivity contribution is -0.171. The number of nitrogens with one attached hydrogen (secondary N) is 2. The lowest BCUT2D eigenvalue weighted by atomic mass is 9.46. The van der Waals surface area contributed by atoms with Crippen LogP contribution < -0.4 is 10.6 Å². The van der Waals surface area contributed by atoms with Gasteiger partial charge in [0.15, 0.2) is 5.82 Å². The summed E-state index contributed by atoms with van der Waals surface area (Å²) in [5, 5.41) is 14.3. The lowest BCUT2D eigenvalue weighted by Gasteiger charge is -2.63. The molecule has 1 spiro atoms. The normalized spacial score (nSPS) is 30.2. The summed E-state index contributed by atoms with van der Waals surface area (Å²) in [4.78, 5) is 12.4. The van der Waals surface area contributed by atoms with Gasteiger partial charge in [0.25, 0.3) is 0 Å². The SMILES string of the molecule is CC(C)(C)c1ccc(NC(=O)N[C@H]2[C@H]3CCO[C@@H]3C23CCC3)nn1. The number of fused-ring (bicyclic) bond motifs is 2. The quantitative estimate of drug-likeness (QED) is 0.874. The Balaban J connectivity index is 1.38. The van der Waals surface area contributed by atoms with Crippen molar-refractivity contribution in [3.8, 4) is 0 Å². The minimum atomic E-state index is -0.186. The van der Waals surface area contributed by atoms with Crippen LogP contribution in [0, 0.1) is 11.3 Å². The van der Waals surface area contributed by atoms with Gasteiger partial charge < -0.3 is 10.1 Å². The first-order chi connectivity index (χ1) is 11.4. The Kier molecular flexibility index (Phi) is 3.56. The molecule has 4 rings (SSSR count). The van der Waals surface area contributed by atoms with Crippen molar-refractivity contribution in [2.24, 2.45) is 11.3 Å². The molecular formula is C18H26N4O2. The van der Waals surface area contributed by atoms with Crippen molar-refractivity contribution in [3.63, 3.8) is 0 Å². The molecule has 3 fully saturated rings. The van der Waals surface area contributed by atoms with Gasteiger partial charge >= 0.3 is 6.03 Å². The smallest absolute Gasteiger partial charge is 0.320 e. The van der Waals surface area contributed by atoms with Crippen molar-refractivity contribution in [1.82, 2.24) is 15.5 Å². The van der Waals surface area contributed by atoms with E-state index in [1.165, 1.54) is 19.3 Å². The summed E-state index contributed by atoms with van der Waals surface area (Å²) in [5.74, 6) is 0.965. The zero-order chi connectivity index (χ0) is 16.9. The number of ether oxygens (including phenoxy) is 1. The van der Waals surface area contributed by atoms with Crippen LogP contribution in [-0.4, -0.2) is 35.0 Å². The number of rotatable bonds is 2. The number of nitrogens with zero attached hydrogens (tertiary/aromatic N) is 2. The molecule has 0 bridgehead atoms. The Morgan fingerprint density at radius 3 is 2.67 bits per heavy atom. The van der Waals surface area contributed by atoms with Gasteiger partial charge in [0, 0.05) is 29.4 Å². The number of anilines is 1. The highest BCUT2D eigenvalue weighted by Crippen LogP contribution is 2.62. The Morgan fingerprint density at radius 1 is 1.29 bits per heavy atom. The van der Waals surface area contributed by atoms with E-state index < -0.39 is 0 Å². The van der Waals surface area contributed by atoms with Crippen LogP contribution in [0.3, 0.4) is 0 Å². The average Bonchev–Trinajstić information content (AvgIpc) is 2.88. The van der Waals surface area contributed by atoms with Gasteiger partial charge in [-0.05, 0) is 31.4 Å². The number of aromatic nitrogens is 2. The molecule has 24 heavy (non-hydrogen) atoms. The van der Waals surface area contributed by atoms with Gasteiger partial charge in [-0.1, -0.05) is 27.2 Å². The van der Waals surface area contributed by atoms with Crippen molar-refractivity contribution in [1.29, 1.82) is 0 Å². The summed E-state index contributed by atoms with van der Waals surface area (Å²) >= 11 is 0.